The molecule has 0 unspecified atom stereocenters. The van der Waals surface area contributed by atoms with Gasteiger partial charge in [-0.25, -0.2) is 4.79 Å². The zero-order valence-corrected chi connectivity index (χ0v) is 5.98. The van der Waals surface area contributed by atoms with E-state index in [1.807, 2.05) is 0 Å². The van der Waals surface area contributed by atoms with Crippen LogP contribution in [-0.4, -0.2) is 11.1 Å². The first-order chi connectivity index (χ1) is 2.27. The number of rotatable bonds is 1. The largest absolute Gasteiger partial charge is 0.478 e. The van der Waals surface area contributed by atoms with E-state index in [1.165, 1.54) is 0 Å². The Hall–Kier alpha value is -0.102. The van der Waals surface area contributed by atoms with Gasteiger partial charge < -0.3 is 5.11 Å². The summed E-state index contributed by atoms with van der Waals surface area (Å²) in [5.41, 5.74) is 0. The number of hydrogen-bond acceptors (Lipinski definition) is 1. The SMILES string of the molecule is C=CC(=O)O.[W]. The fraction of sp³-hybridized carbons (Fsp3) is 0. The third-order valence-corrected chi connectivity index (χ3v) is 0.175. The fourth-order valence-corrected chi connectivity index (χ4v) is 0. The quantitative estimate of drug-likeness (QED) is 0.683. The van der Waals surface area contributed by atoms with Crippen LogP contribution in [0.25, 0.3) is 0 Å². The summed E-state index contributed by atoms with van der Waals surface area (Å²) in [6, 6.07) is 0. The molecule has 0 aliphatic rings. The summed E-state index contributed by atoms with van der Waals surface area (Å²) in [6.45, 7) is 2.96. The second-order valence-corrected chi connectivity index (χ2v) is 0.542. The first kappa shape index (κ1) is 9.31. The zero-order valence-electron chi connectivity index (χ0n) is 3.05. The summed E-state index contributed by atoms with van der Waals surface area (Å²) in [5.74, 6) is -0.981. The molecule has 0 aromatic heterocycles. The smallest absolute Gasteiger partial charge is 0.327 e. The Labute approximate surface area is 50.1 Å². The maximum Gasteiger partial charge on any atom is 0.327 e. The fourth-order valence-electron chi connectivity index (χ4n) is 0. The molecule has 0 atom stereocenters. The Kier molecular flexibility index (Phi) is 7.60. The van der Waals surface area contributed by atoms with Gasteiger partial charge in [0.25, 0.3) is 0 Å². The van der Waals surface area contributed by atoms with Crippen LogP contribution >= 0.6 is 0 Å². The molecule has 0 heterocycles. The van der Waals surface area contributed by atoms with Crippen molar-refractivity contribution in [2.24, 2.45) is 0 Å². The third kappa shape index (κ3) is 9.09. The Bertz CT molecular complexity index is 59.8. The van der Waals surface area contributed by atoms with Crippen LogP contribution in [0.3, 0.4) is 0 Å². The molecule has 0 aliphatic heterocycles. The molecule has 0 saturated carbocycles. The molecule has 0 rings (SSSR count). The van der Waals surface area contributed by atoms with Crippen molar-refractivity contribution in [2.75, 3.05) is 0 Å². The predicted octanol–water partition coefficient (Wildman–Crippen LogP) is 0.254. The van der Waals surface area contributed by atoms with Gasteiger partial charge in [-0.3, -0.25) is 0 Å². The molecule has 0 saturated heterocycles. The molecule has 6 heavy (non-hydrogen) atoms. The van der Waals surface area contributed by atoms with E-state index in [4.69, 9.17) is 5.11 Å². The molecule has 0 aliphatic carbocycles. The molecule has 0 aromatic carbocycles. The van der Waals surface area contributed by atoms with Crippen molar-refractivity contribution in [3.63, 3.8) is 0 Å². The molecule has 3 heteroatoms. The van der Waals surface area contributed by atoms with Crippen molar-refractivity contribution in [1.29, 1.82) is 0 Å². The summed E-state index contributed by atoms with van der Waals surface area (Å²) in [5, 5.41) is 7.60. The van der Waals surface area contributed by atoms with Crippen LogP contribution < -0.4 is 0 Å². The van der Waals surface area contributed by atoms with Crippen LogP contribution in [0.5, 0.6) is 0 Å². The van der Waals surface area contributed by atoms with Crippen molar-refractivity contribution in [1.82, 2.24) is 0 Å². The predicted molar refractivity (Wildman–Crippen MR) is 17.8 cm³/mol. The third-order valence-electron chi connectivity index (χ3n) is 0.175. The number of aliphatic carboxylic acids is 1. The number of carboxylic acid groups (broad SMARTS) is 1. The minimum Gasteiger partial charge on any atom is -0.478 e. The van der Waals surface area contributed by atoms with Gasteiger partial charge in [0.2, 0.25) is 0 Å². The van der Waals surface area contributed by atoms with Gasteiger partial charge in [0.05, 0.1) is 0 Å². The van der Waals surface area contributed by atoms with Crippen LogP contribution in [0.1, 0.15) is 0 Å². The molecule has 0 fully saturated rings. The molecule has 0 amide bonds. The molecule has 0 bridgehead atoms. The van der Waals surface area contributed by atoms with E-state index >= 15 is 0 Å². The molecule has 0 spiro atoms. The van der Waals surface area contributed by atoms with Gasteiger partial charge in [0.1, 0.15) is 0 Å². The summed E-state index contributed by atoms with van der Waals surface area (Å²) in [6.07, 6.45) is 0.833. The second-order valence-electron chi connectivity index (χ2n) is 0.542. The van der Waals surface area contributed by atoms with Crippen LogP contribution in [0, 0.1) is 0 Å². The van der Waals surface area contributed by atoms with Crippen molar-refractivity contribution >= 4 is 5.97 Å². The van der Waals surface area contributed by atoms with Gasteiger partial charge in [0, 0.05) is 27.1 Å². The van der Waals surface area contributed by atoms with Gasteiger partial charge in [0.15, 0.2) is 0 Å². The Morgan fingerprint density at radius 3 is 2.00 bits per heavy atom. The van der Waals surface area contributed by atoms with Crippen molar-refractivity contribution in [2.45, 2.75) is 0 Å². The van der Waals surface area contributed by atoms with Gasteiger partial charge in [-0.15, -0.1) is 0 Å². The minimum absolute atomic E-state index is 0. The van der Waals surface area contributed by atoms with Gasteiger partial charge in [-0.1, -0.05) is 6.58 Å². The topological polar surface area (TPSA) is 37.3 Å². The molecule has 2 nitrogen and oxygen atoms in total. The van der Waals surface area contributed by atoms with Crippen molar-refractivity contribution in [3.8, 4) is 0 Å². The zero-order chi connectivity index (χ0) is 4.28. The van der Waals surface area contributed by atoms with E-state index in [0.717, 1.165) is 6.08 Å². The maximum atomic E-state index is 9.25. The Morgan fingerprint density at radius 2 is 2.00 bits per heavy atom. The summed E-state index contributed by atoms with van der Waals surface area (Å²) in [4.78, 5) is 9.25. The van der Waals surface area contributed by atoms with E-state index in [2.05, 4.69) is 6.58 Å². The molecule has 34 valence electrons. The van der Waals surface area contributed by atoms with Crippen molar-refractivity contribution < 1.29 is 31.0 Å². The second kappa shape index (κ2) is 4.90. The molecule has 0 aromatic rings. The monoisotopic (exact) mass is 256 g/mol. The summed E-state index contributed by atoms with van der Waals surface area (Å²) >= 11 is 0. The summed E-state index contributed by atoms with van der Waals surface area (Å²) in [7, 11) is 0. The normalized spacial score (nSPS) is 5.33. The molecule has 1 N–H and O–H groups in total. The average molecular weight is 256 g/mol. The average Bonchev–Trinajstić information content (AvgIpc) is 1.38. The van der Waals surface area contributed by atoms with Crippen LogP contribution in [0.2, 0.25) is 0 Å². The number of carboxylic acids is 1. The van der Waals surface area contributed by atoms with Crippen LogP contribution in [-0.2, 0) is 25.9 Å². The standard InChI is InChI=1S/C3H4O2.W/c1-2-3(4)5;/h2H,1H2,(H,4,5);. The molecule has 0 radical (unpaired) electrons. The Morgan fingerprint density at radius 1 is 1.83 bits per heavy atom. The van der Waals surface area contributed by atoms with Crippen molar-refractivity contribution in [3.05, 3.63) is 12.7 Å². The van der Waals surface area contributed by atoms with E-state index in [1.54, 1.807) is 0 Å². The maximum absolute atomic E-state index is 9.25. The van der Waals surface area contributed by atoms with Gasteiger partial charge >= 0.3 is 5.97 Å². The molecular weight excluding hydrogens is 252 g/mol. The Balaban J connectivity index is 0. The first-order valence-electron chi connectivity index (χ1n) is 1.12. The van der Waals surface area contributed by atoms with Crippen LogP contribution in [0.4, 0.5) is 0 Å². The van der Waals surface area contributed by atoms with Crippen LogP contribution in [0.15, 0.2) is 12.7 Å². The first-order valence-corrected chi connectivity index (χ1v) is 1.12. The molecular formula is C3H4O2W. The van der Waals surface area contributed by atoms with E-state index < -0.39 is 5.97 Å². The van der Waals surface area contributed by atoms with E-state index in [9.17, 15) is 4.79 Å². The number of hydrogen-bond donors (Lipinski definition) is 1. The van der Waals surface area contributed by atoms with Gasteiger partial charge in [-0.2, -0.15) is 0 Å². The number of carbonyl (C=O) groups is 1. The van der Waals surface area contributed by atoms with E-state index in [0.29, 0.717) is 0 Å². The minimum atomic E-state index is -0.981. The van der Waals surface area contributed by atoms with E-state index in [-0.39, 0.29) is 21.1 Å². The summed E-state index contributed by atoms with van der Waals surface area (Å²) < 4.78 is 0. The van der Waals surface area contributed by atoms with Gasteiger partial charge in [-0.05, 0) is 0 Å².